The molecule has 1 heterocycles. The maximum atomic E-state index is 3.21. The summed E-state index contributed by atoms with van der Waals surface area (Å²) in [7, 11) is 2.00. The van der Waals surface area contributed by atoms with E-state index in [0.717, 1.165) is 5.92 Å². The van der Waals surface area contributed by atoms with E-state index in [9.17, 15) is 0 Å². The van der Waals surface area contributed by atoms with E-state index in [0.29, 0.717) is 0 Å². The average molecular weight is 130 g/mol. The van der Waals surface area contributed by atoms with Gasteiger partial charge in [-0.25, -0.2) is 0 Å². The van der Waals surface area contributed by atoms with Crippen LogP contribution in [-0.4, -0.2) is 26.7 Å². The molecule has 0 radical (unpaired) electrons. The average Bonchev–Trinajstić information content (AvgIpc) is 1.84. The molecule has 0 aromatic carbocycles. The first kappa shape index (κ1) is 8.92. The van der Waals surface area contributed by atoms with E-state index in [1.165, 1.54) is 19.6 Å². The van der Waals surface area contributed by atoms with Gasteiger partial charge in [0.15, 0.2) is 0 Å². The Morgan fingerprint density at radius 1 is 1.44 bits per heavy atom. The highest BCUT2D eigenvalue weighted by Gasteiger charge is 2.13. The van der Waals surface area contributed by atoms with Gasteiger partial charge in [-0.3, -0.25) is 0 Å². The van der Waals surface area contributed by atoms with Gasteiger partial charge in [0.05, 0.1) is 0 Å². The first-order valence-electron chi connectivity index (χ1n) is 3.79. The predicted molar refractivity (Wildman–Crippen MR) is 41.6 cm³/mol. The molecule has 0 atom stereocenters. The monoisotopic (exact) mass is 130 g/mol. The van der Waals surface area contributed by atoms with Crippen LogP contribution in [0.2, 0.25) is 0 Å². The van der Waals surface area contributed by atoms with E-state index >= 15 is 0 Å². The number of nitrogens with one attached hydrogen (secondary N) is 2. The van der Waals surface area contributed by atoms with Gasteiger partial charge >= 0.3 is 0 Å². The third-order valence-corrected chi connectivity index (χ3v) is 1.36. The van der Waals surface area contributed by atoms with E-state index in [1.54, 1.807) is 0 Å². The van der Waals surface area contributed by atoms with Crippen molar-refractivity contribution >= 4 is 0 Å². The van der Waals surface area contributed by atoms with Crippen LogP contribution in [0.5, 0.6) is 0 Å². The van der Waals surface area contributed by atoms with Crippen LogP contribution < -0.4 is 10.6 Å². The summed E-state index contributed by atoms with van der Waals surface area (Å²) in [6, 6.07) is 0. The van der Waals surface area contributed by atoms with Crippen molar-refractivity contribution in [1.29, 1.82) is 0 Å². The van der Waals surface area contributed by atoms with Crippen molar-refractivity contribution in [3.8, 4) is 0 Å². The summed E-state index contributed by atoms with van der Waals surface area (Å²) in [6.07, 6.45) is 0. The van der Waals surface area contributed by atoms with Crippen LogP contribution in [0.3, 0.4) is 0 Å². The summed E-state index contributed by atoms with van der Waals surface area (Å²) in [4.78, 5) is 0. The highest BCUT2D eigenvalue weighted by Crippen LogP contribution is 1.98. The summed E-state index contributed by atoms with van der Waals surface area (Å²) in [5, 5.41) is 6.34. The number of rotatable bonds is 2. The third-order valence-electron chi connectivity index (χ3n) is 1.36. The first-order valence-corrected chi connectivity index (χ1v) is 3.79. The lowest BCUT2D eigenvalue weighted by Gasteiger charge is -2.26. The normalized spacial score (nSPS) is 17.7. The van der Waals surface area contributed by atoms with Crippen molar-refractivity contribution in [2.24, 2.45) is 5.92 Å². The molecule has 56 valence electrons. The molecule has 1 aliphatic heterocycles. The Labute approximate surface area is 58.0 Å². The van der Waals surface area contributed by atoms with Crippen molar-refractivity contribution in [3.05, 3.63) is 0 Å². The third kappa shape index (κ3) is 3.49. The van der Waals surface area contributed by atoms with Crippen LogP contribution in [0.15, 0.2) is 0 Å². The summed E-state index contributed by atoms with van der Waals surface area (Å²) < 4.78 is 0. The topological polar surface area (TPSA) is 24.1 Å². The first-order chi connectivity index (χ1) is 4.43. The molecule has 0 amide bonds. The van der Waals surface area contributed by atoms with Crippen LogP contribution in [0, 0.1) is 5.92 Å². The summed E-state index contributed by atoms with van der Waals surface area (Å²) >= 11 is 0. The number of hydrogen-bond acceptors (Lipinski definition) is 2. The lowest BCUT2D eigenvalue weighted by Crippen LogP contribution is -2.46. The SMILES string of the molecule is CC.CNCC1CNC1. The molecule has 0 saturated carbocycles. The molecule has 2 heteroatoms. The fourth-order valence-electron chi connectivity index (χ4n) is 0.781. The summed E-state index contributed by atoms with van der Waals surface area (Å²) in [5.41, 5.74) is 0. The Bertz CT molecular complexity index is 50.9. The molecule has 0 aromatic rings. The Hall–Kier alpha value is -0.0800. The minimum Gasteiger partial charge on any atom is -0.319 e. The van der Waals surface area contributed by atoms with E-state index in [-0.39, 0.29) is 0 Å². The van der Waals surface area contributed by atoms with Crippen LogP contribution in [-0.2, 0) is 0 Å². The molecule has 0 aliphatic carbocycles. The van der Waals surface area contributed by atoms with E-state index in [2.05, 4.69) is 10.6 Å². The summed E-state index contributed by atoms with van der Waals surface area (Å²) in [6.45, 7) is 7.59. The van der Waals surface area contributed by atoms with Crippen LogP contribution in [0.1, 0.15) is 13.8 Å². The van der Waals surface area contributed by atoms with E-state index < -0.39 is 0 Å². The van der Waals surface area contributed by atoms with Crippen LogP contribution in [0.25, 0.3) is 0 Å². The van der Waals surface area contributed by atoms with Gasteiger partial charge in [0.2, 0.25) is 0 Å². The smallest absolute Gasteiger partial charge is 0.000394 e. The highest BCUT2D eigenvalue weighted by molar-refractivity contribution is 4.75. The van der Waals surface area contributed by atoms with Crippen molar-refractivity contribution in [2.45, 2.75) is 13.8 Å². The molecule has 9 heavy (non-hydrogen) atoms. The minimum atomic E-state index is 0.907. The molecule has 1 fully saturated rings. The molecular formula is C7H18N2. The standard InChI is InChI=1S/C5H12N2.C2H6/c1-6-2-5-3-7-4-5;1-2/h5-7H,2-4H2,1H3;1-2H3. The van der Waals surface area contributed by atoms with E-state index in [4.69, 9.17) is 0 Å². The Balaban J connectivity index is 0.000000291. The van der Waals surface area contributed by atoms with Gasteiger partial charge in [0.1, 0.15) is 0 Å². The molecule has 0 bridgehead atoms. The van der Waals surface area contributed by atoms with Gasteiger partial charge in [0.25, 0.3) is 0 Å². The predicted octanol–water partition coefficient (Wildman–Crippen LogP) is 0.451. The van der Waals surface area contributed by atoms with Gasteiger partial charge < -0.3 is 10.6 Å². The minimum absolute atomic E-state index is 0.907. The van der Waals surface area contributed by atoms with Crippen LogP contribution in [0.4, 0.5) is 0 Å². The molecule has 0 spiro atoms. The molecule has 1 aliphatic rings. The molecular weight excluding hydrogens is 112 g/mol. The molecule has 2 N–H and O–H groups in total. The summed E-state index contributed by atoms with van der Waals surface area (Å²) in [5.74, 6) is 0.907. The maximum absolute atomic E-state index is 3.21. The zero-order valence-corrected chi connectivity index (χ0v) is 6.70. The zero-order chi connectivity index (χ0) is 7.11. The van der Waals surface area contributed by atoms with Crippen molar-refractivity contribution in [2.75, 3.05) is 26.7 Å². The fraction of sp³-hybridized carbons (Fsp3) is 1.00. The second kappa shape index (κ2) is 6.05. The lowest BCUT2D eigenvalue weighted by atomic mass is 10.0. The Kier molecular flexibility index (Phi) is 5.99. The second-order valence-electron chi connectivity index (χ2n) is 2.08. The number of hydrogen-bond donors (Lipinski definition) is 2. The van der Waals surface area contributed by atoms with Crippen molar-refractivity contribution in [1.82, 2.24) is 10.6 Å². The Morgan fingerprint density at radius 2 is 2.00 bits per heavy atom. The second-order valence-corrected chi connectivity index (χ2v) is 2.08. The van der Waals surface area contributed by atoms with Crippen molar-refractivity contribution in [3.63, 3.8) is 0 Å². The molecule has 2 nitrogen and oxygen atoms in total. The largest absolute Gasteiger partial charge is 0.319 e. The highest BCUT2D eigenvalue weighted by atomic mass is 15.0. The molecule has 0 unspecified atom stereocenters. The van der Waals surface area contributed by atoms with Gasteiger partial charge in [-0.15, -0.1) is 0 Å². The Morgan fingerprint density at radius 3 is 2.11 bits per heavy atom. The van der Waals surface area contributed by atoms with Crippen molar-refractivity contribution < 1.29 is 0 Å². The van der Waals surface area contributed by atoms with Crippen LogP contribution >= 0.6 is 0 Å². The maximum Gasteiger partial charge on any atom is 0.000394 e. The zero-order valence-electron chi connectivity index (χ0n) is 6.70. The fourth-order valence-corrected chi connectivity index (χ4v) is 0.781. The van der Waals surface area contributed by atoms with Gasteiger partial charge in [-0.2, -0.15) is 0 Å². The van der Waals surface area contributed by atoms with Gasteiger partial charge in [0, 0.05) is 19.6 Å². The van der Waals surface area contributed by atoms with E-state index in [1.807, 2.05) is 20.9 Å². The quantitative estimate of drug-likeness (QED) is 0.567. The van der Waals surface area contributed by atoms with Gasteiger partial charge in [-0.05, 0) is 13.0 Å². The lowest BCUT2D eigenvalue weighted by molar-refractivity contribution is 0.340. The molecule has 0 aromatic heterocycles. The molecule has 1 rings (SSSR count). The molecule has 1 saturated heterocycles. The van der Waals surface area contributed by atoms with Gasteiger partial charge in [-0.1, -0.05) is 13.8 Å².